The summed E-state index contributed by atoms with van der Waals surface area (Å²) in [5.41, 5.74) is 1.11. The Morgan fingerprint density at radius 3 is 2.70 bits per heavy atom. The summed E-state index contributed by atoms with van der Waals surface area (Å²) in [6.07, 6.45) is 6.85. The van der Waals surface area contributed by atoms with Crippen LogP contribution in [0, 0.1) is 0 Å². The summed E-state index contributed by atoms with van der Waals surface area (Å²) in [6, 6.07) is 6.63. The van der Waals surface area contributed by atoms with Crippen molar-refractivity contribution in [1.29, 1.82) is 0 Å². The zero-order valence-corrected chi connectivity index (χ0v) is 10.4. The van der Waals surface area contributed by atoms with Crippen LogP contribution in [0.1, 0.15) is 16.1 Å². The van der Waals surface area contributed by atoms with Crippen molar-refractivity contribution < 1.29 is 14.7 Å². The fraction of sp³-hybridized carbons (Fsp3) is 0. The number of hydrogen-bond donors (Lipinski definition) is 2. The van der Waals surface area contributed by atoms with Gasteiger partial charge >= 0.3 is 5.97 Å². The first-order valence-corrected chi connectivity index (χ1v) is 5.74. The highest BCUT2D eigenvalue weighted by atomic mass is 16.4. The van der Waals surface area contributed by atoms with Crippen LogP contribution in [0.2, 0.25) is 0 Å². The lowest BCUT2D eigenvalue weighted by atomic mass is 10.1. The number of carboxylic acid groups (broad SMARTS) is 1. The summed E-state index contributed by atoms with van der Waals surface area (Å²) in [5.74, 6) is -1.52. The summed E-state index contributed by atoms with van der Waals surface area (Å²) >= 11 is 0. The third-order valence-corrected chi connectivity index (χ3v) is 2.38. The van der Waals surface area contributed by atoms with Gasteiger partial charge in [0.05, 0.1) is 11.9 Å². The zero-order chi connectivity index (χ0) is 14.4. The van der Waals surface area contributed by atoms with Crippen LogP contribution in [0.25, 0.3) is 6.08 Å². The van der Waals surface area contributed by atoms with Crippen LogP contribution in [-0.4, -0.2) is 27.0 Å². The molecular weight excluding hydrogens is 258 g/mol. The molecule has 2 aromatic rings. The second kappa shape index (κ2) is 6.24. The summed E-state index contributed by atoms with van der Waals surface area (Å²) < 4.78 is 0. The van der Waals surface area contributed by atoms with Crippen molar-refractivity contribution in [1.82, 2.24) is 9.97 Å². The van der Waals surface area contributed by atoms with E-state index in [4.69, 9.17) is 5.11 Å². The molecule has 0 saturated carbocycles. The molecule has 1 amide bonds. The monoisotopic (exact) mass is 269 g/mol. The SMILES string of the molecule is O=C(O)/C=C/c1cccnc1C(=O)Nc1cccnc1. The van der Waals surface area contributed by atoms with Gasteiger partial charge in [-0.25, -0.2) is 4.79 Å². The molecule has 2 N–H and O–H groups in total. The summed E-state index contributed by atoms with van der Waals surface area (Å²) in [5, 5.41) is 11.3. The van der Waals surface area contributed by atoms with E-state index in [-0.39, 0.29) is 5.69 Å². The molecule has 0 aliphatic heterocycles. The first-order valence-electron chi connectivity index (χ1n) is 5.74. The fourth-order valence-electron chi connectivity index (χ4n) is 1.53. The molecule has 0 atom stereocenters. The van der Waals surface area contributed by atoms with Crippen molar-refractivity contribution >= 4 is 23.6 Å². The summed E-state index contributed by atoms with van der Waals surface area (Å²) in [6.45, 7) is 0. The van der Waals surface area contributed by atoms with Crippen LogP contribution < -0.4 is 5.32 Å². The van der Waals surface area contributed by atoms with E-state index in [9.17, 15) is 9.59 Å². The molecule has 2 heterocycles. The molecule has 2 rings (SSSR count). The smallest absolute Gasteiger partial charge is 0.328 e. The second-order valence-electron chi connectivity index (χ2n) is 3.81. The van der Waals surface area contributed by atoms with Crippen LogP contribution in [0.3, 0.4) is 0 Å². The molecule has 0 spiro atoms. The van der Waals surface area contributed by atoms with Gasteiger partial charge in [0.1, 0.15) is 5.69 Å². The maximum Gasteiger partial charge on any atom is 0.328 e. The summed E-state index contributed by atoms with van der Waals surface area (Å²) in [7, 11) is 0. The molecule has 20 heavy (non-hydrogen) atoms. The van der Waals surface area contributed by atoms with Gasteiger partial charge < -0.3 is 10.4 Å². The van der Waals surface area contributed by atoms with E-state index in [1.165, 1.54) is 18.5 Å². The van der Waals surface area contributed by atoms with Gasteiger partial charge in [-0.1, -0.05) is 6.07 Å². The molecule has 2 aromatic heterocycles. The number of carbonyl (C=O) groups excluding carboxylic acids is 1. The van der Waals surface area contributed by atoms with Gasteiger partial charge in [-0.2, -0.15) is 0 Å². The number of amides is 1. The Balaban J connectivity index is 2.24. The van der Waals surface area contributed by atoms with Crippen molar-refractivity contribution in [3.8, 4) is 0 Å². The lowest BCUT2D eigenvalue weighted by Crippen LogP contribution is -2.15. The fourth-order valence-corrected chi connectivity index (χ4v) is 1.53. The van der Waals surface area contributed by atoms with Crippen LogP contribution in [0.5, 0.6) is 0 Å². The average Bonchev–Trinajstić information content (AvgIpc) is 2.46. The Kier molecular flexibility index (Phi) is 4.18. The Morgan fingerprint density at radius 1 is 1.20 bits per heavy atom. The molecule has 6 heteroatoms. The number of aromatic nitrogens is 2. The average molecular weight is 269 g/mol. The molecule has 6 nitrogen and oxygen atoms in total. The quantitative estimate of drug-likeness (QED) is 0.826. The molecule has 0 radical (unpaired) electrons. The number of carboxylic acids is 1. The van der Waals surface area contributed by atoms with E-state index in [0.29, 0.717) is 11.3 Å². The minimum absolute atomic E-state index is 0.147. The second-order valence-corrected chi connectivity index (χ2v) is 3.81. The highest BCUT2D eigenvalue weighted by Gasteiger charge is 2.11. The number of pyridine rings is 2. The van der Waals surface area contributed by atoms with E-state index < -0.39 is 11.9 Å². The summed E-state index contributed by atoms with van der Waals surface area (Å²) in [4.78, 5) is 30.5. The van der Waals surface area contributed by atoms with E-state index >= 15 is 0 Å². The number of carbonyl (C=O) groups is 2. The third kappa shape index (κ3) is 3.49. The lowest BCUT2D eigenvalue weighted by molar-refractivity contribution is -0.131. The Bertz CT molecular complexity index is 654. The van der Waals surface area contributed by atoms with Crippen molar-refractivity contribution in [2.75, 3.05) is 5.32 Å². The van der Waals surface area contributed by atoms with Gasteiger partial charge in [-0.15, -0.1) is 0 Å². The molecule has 100 valence electrons. The standard InChI is InChI=1S/C14H11N3O3/c18-12(19)6-5-10-3-1-8-16-13(10)14(20)17-11-4-2-7-15-9-11/h1-9H,(H,17,20)(H,18,19)/b6-5+. The molecule has 0 aliphatic rings. The maximum absolute atomic E-state index is 12.1. The van der Waals surface area contributed by atoms with E-state index in [2.05, 4.69) is 15.3 Å². The van der Waals surface area contributed by atoms with Crippen molar-refractivity contribution in [3.63, 3.8) is 0 Å². The zero-order valence-electron chi connectivity index (χ0n) is 10.4. The Morgan fingerprint density at radius 2 is 2.00 bits per heavy atom. The van der Waals surface area contributed by atoms with Gasteiger partial charge in [0, 0.05) is 24.0 Å². The molecule has 0 aliphatic carbocycles. The first kappa shape index (κ1) is 13.4. The number of hydrogen-bond acceptors (Lipinski definition) is 4. The number of nitrogens with zero attached hydrogens (tertiary/aromatic N) is 2. The van der Waals surface area contributed by atoms with Gasteiger partial charge in [0.2, 0.25) is 0 Å². The topological polar surface area (TPSA) is 92.2 Å². The lowest BCUT2D eigenvalue weighted by Gasteiger charge is -2.06. The number of nitrogens with one attached hydrogen (secondary N) is 1. The molecule has 0 unspecified atom stereocenters. The highest BCUT2D eigenvalue weighted by Crippen LogP contribution is 2.11. The van der Waals surface area contributed by atoms with E-state index in [0.717, 1.165) is 6.08 Å². The van der Waals surface area contributed by atoms with Crippen molar-refractivity contribution in [2.24, 2.45) is 0 Å². The highest BCUT2D eigenvalue weighted by molar-refractivity contribution is 6.05. The van der Waals surface area contributed by atoms with E-state index in [1.54, 1.807) is 30.5 Å². The van der Waals surface area contributed by atoms with Gasteiger partial charge in [0.15, 0.2) is 0 Å². The molecule has 0 bridgehead atoms. The molecule has 0 aromatic carbocycles. The van der Waals surface area contributed by atoms with Crippen molar-refractivity contribution in [3.05, 3.63) is 60.2 Å². The predicted molar refractivity (Wildman–Crippen MR) is 73.1 cm³/mol. The van der Waals surface area contributed by atoms with Gasteiger partial charge in [-0.3, -0.25) is 14.8 Å². The van der Waals surface area contributed by atoms with Gasteiger partial charge in [0.25, 0.3) is 5.91 Å². The number of rotatable bonds is 4. The normalized spacial score (nSPS) is 10.4. The molecule has 0 saturated heterocycles. The largest absolute Gasteiger partial charge is 0.478 e. The Labute approximate surface area is 114 Å². The van der Waals surface area contributed by atoms with Crippen LogP contribution in [0.15, 0.2) is 48.9 Å². The van der Waals surface area contributed by atoms with Crippen LogP contribution in [0.4, 0.5) is 5.69 Å². The van der Waals surface area contributed by atoms with Gasteiger partial charge in [-0.05, 0) is 24.3 Å². The molecular formula is C14H11N3O3. The van der Waals surface area contributed by atoms with Crippen LogP contribution in [-0.2, 0) is 4.79 Å². The predicted octanol–water partition coefficient (Wildman–Crippen LogP) is 1.83. The third-order valence-electron chi connectivity index (χ3n) is 2.38. The van der Waals surface area contributed by atoms with E-state index in [1.807, 2.05) is 0 Å². The Hall–Kier alpha value is -3.02. The van der Waals surface area contributed by atoms with Crippen molar-refractivity contribution in [2.45, 2.75) is 0 Å². The maximum atomic E-state index is 12.1. The number of anilines is 1. The minimum Gasteiger partial charge on any atom is -0.478 e. The molecule has 0 fully saturated rings. The minimum atomic E-state index is -1.09. The number of aliphatic carboxylic acids is 1. The first-order chi connectivity index (χ1) is 9.66. The van der Waals surface area contributed by atoms with Crippen LogP contribution >= 0.6 is 0 Å².